The Bertz CT molecular complexity index is 474. The first-order valence-corrected chi connectivity index (χ1v) is 4.40. The van der Waals surface area contributed by atoms with Gasteiger partial charge in [-0.05, 0) is 26.1 Å². The Hall–Kier alpha value is -1.43. The highest BCUT2D eigenvalue weighted by Crippen LogP contribution is 2.12. The number of H-pyrrole nitrogens is 2. The van der Waals surface area contributed by atoms with Gasteiger partial charge in [0.1, 0.15) is 0 Å². The van der Waals surface area contributed by atoms with Crippen LogP contribution in [0.4, 0.5) is 0 Å². The van der Waals surface area contributed by atoms with Gasteiger partial charge >= 0.3 is 5.97 Å². The standard InChI is InChI=1S/C8H10N2O3S/c1-3(7(12)13)5-4(2)9-8(14)10-6(5)11/h3H,1-2H3,(H,12,13)(H2,9,10,11,14)/t3-/m0/s1. The average Bonchev–Trinajstić information content (AvgIpc) is 2.01. The number of rotatable bonds is 2. The predicted molar refractivity (Wildman–Crippen MR) is 53.0 cm³/mol. The van der Waals surface area contributed by atoms with Gasteiger partial charge in [-0.25, -0.2) is 0 Å². The number of nitrogens with one attached hydrogen (secondary N) is 2. The first-order chi connectivity index (χ1) is 6.43. The highest BCUT2D eigenvalue weighted by Gasteiger charge is 2.19. The summed E-state index contributed by atoms with van der Waals surface area (Å²) in [7, 11) is 0. The van der Waals surface area contributed by atoms with Gasteiger partial charge in [-0.3, -0.25) is 14.6 Å². The van der Waals surface area contributed by atoms with Crippen molar-refractivity contribution in [3.63, 3.8) is 0 Å². The molecule has 0 aromatic carbocycles. The van der Waals surface area contributed by atoms with Crippen LogP contribution in [-0.4, -0.2) is 21.0 Å². The van der Waals surface area contributed by atoms with Crippen molar-refractivity contribution in [1.29, 1.82) is 0 Å². The Morgan fingerprint density at radius 2 is 2.07 bits per heavy atom. The van der Waals surface area contributed by atoms with Crippen molar-refractivity contribution in [1.82, 2.24) is 9.97 Å². The summed E-state index contributed by atoms with van der Waals surface area (Å²) < 4.78 is 0.203. The maximum Gasteiger partial charge on any atom is 0.310 e. The van der Waals surface area contributed by atoms with E-state index < -0.39 is 17.4 Å². The molecule has 6 heteroatoms. The number of aliphatic carboxylic acids is 1. The summed E-state index contributed by atoms with van der Waals surface area (Å²) in [5.41, 5.74) is 0.265. The van der Waals surface area contributed by atoms with Crippen molar-refractivity contribution in [2.45, 2.75) is 19.8 Å². The van der Waals surface area contributed by atoms with E-state index in [4.69, 9.17) is 17.3 Å². The van der Waals surface area contributed by atoms with Crippen LogP contribution in [0.5, 0.6) is 0 Å². The van der Waals surface area contributed by atoms with Gasteiger partial charge in [0.15, 0.2) is 4.77 Å². The maximum absolute atomic E-state index is 11.4. The molecule has 0 fully saturated rings. The second-order valence-corrected chi connectivity index (χ2v) is 3.42. The summed E-state index contributed by atoms with van der Waals surface area (Å²) in [5, 5.41) is 8.76. The van der Waals surface area contributed by atoms with E-state index in [1.54, 1.807) is 6.92 Å². The molecule has 0 radical (unpaired) electrons. The highest BCUT2D eigenvalue weighted by molar-refractivity contribution is 7.71. The van der Waals surface area contributed by atoms with Crippen molar-refractivity contribution >= 4 is 18.2 Å². The van der Waals surface area contributed by atoms with Crippen LogP contribution >= 0.6 is 12.2 Å². The van der Waals surface area contributed by atoms with Crippen LogP contribution in [0.25, 0.3) is 0 Å². The Morgan fingerprint density at radius 3 is 2.50 bits per heavy atom. The van der Waals surface area contributed by atoms with Crippen LogP contribution < -0.4 is 5.56 Å². The summed E-state index contributed by atoms with van der Waals surface area (Å²) in [6.07, 6.45) is 0. The van der Waals surface area contributed by atoms with Crippen molar-refractivity contribution in [2.24, 2.45) is 0 Å². The van der Waals surface area contributed by atoms with Gasteiger partial charge in [-0.1, -0.05) is 0 Å². The molecule has 14 heavy (non-hydrogen) atoms. The summed E-state index contributed by atoms with van der Waals surface area (Å²) >= 11 is 4.74. The molecule has 0 saturated heterocycles. The number of carboxylic acid groups (broad SMARTS) is 1. The fourth-order valence-corrected chi connectivity index (χ4v) is 1.50. The molecule has 76 valence electrons. The number of carboxylic acids is 1. The number of hydrogen-bond donors (Lipinski definition) is 3. The van der Waals surface area contributed by atoms with Gasteiger partial charge in [-0.15, -0.1) is 0 Å². The van der Waals surface area contributed by atoms with Gasteiger partial charge in [0.05, 0.1) is 11.5 Å². The van der Waals surface area contributed by atoms with E-state index in [1.165, 1.54) is 6.92 Å². The van der Waals surface area contributed by atoms with E-state index in [1.807, 2.05) is 0 Å². The second kappa shape index (κ2) is 3.75. The van der Waals surface area contributed by atoms with Gasteiger partial charge < -0.3 is 10.1 Å². The van der Waals surface area contributed by atoms with Crippen LogP contribution in [0.2, 0.25) is 0 Å². The topological polar surface area (TPSA) is 86.0 Å². The quantitative estimate of drug-likeness (QED) is 0.639. The third-order valence-electron chi connectivity index (χ3n) is 1.98. The molecule has 0 aliphatic heterocycles. The minimum atomic E-state index is -1.04. The van der Waals surface area contributed by atoms with Crippen LogP contribution in [0.3, 0.4) is 0 Å². The molecule has 0 bridgehead atoms. The Kier molecular flexibility index (Phi) is 2.85. The molecular weight excluding hydrogens is 204 g/mol. The lowest BCUT2D eigenvalue weighted by Gasteiger charge is -2.07. The van der Waals surface area contributed by atoms with E-state index in [0.717, 1.165) is 0 Å². The molecule has 1 aromatic rings. The molecule has 0 aliphatic carbocycles. The maximum atomic E-state index is 11.4. The molecule has 0 unspecified atom stereocenters. The summed E-state index contributed by atoms with van der Waals surface area (Å²) in [6, 6.07) is 0. The van der Waals surface area contributed by atoms with Gasteiger partial charge in [0.2, 0.25) is 0 Å². The molecule has 0 aliphatic rings. The largest absolute Gasteiger partial charge is 0.481 e. The zero-order valence-electron chi connectivity index (χ0n) is 7.75. The number of hydrogen-bond acceptors (Lipinski definition) is 3. The Balaban J connectivity index is 3.42. The monoisotopic (exact) mass is 214 g/mol. The number of aryl methyl sites for hydroxylation is 1. The normalized spacial score (nSPS) is 12.4. The zero-order chi connectivity index (χ0) is 10.9. The van der Waals surface area contributed by atoms with E-state index in [9.17, 15) is 9.59 Å². The lowest BCUT2D eigenvalue weighted by atomic mass is 10.0. The summed E-state index contributed by atoms with van der Waals surface area (Å²) in [5.74, 6) is -1.88. The SMILES string of the molecule is Cc1[nH]c(=S)[nH]c(=O)c1[C@H](C)C(=O)O. The fourth-order valence-electron chi connectivity index (χ4n) is 1.25. The second-order valence-electron chi connectivity index (χ2n) is 3.01. The van der Waals surface area contributed by atoms with Gasteiger partial charge in [-0.2, -0.15) is 0 Å². The lowest BCUT2D eigenvalue weighted by Crippen LogP contribution is -2.22. The molecule has 0 spiro atoms. The van der Waals surface area contributed by atoms with Crippen LogP contribution in [0.15, 0.2) is 4.79 Å². The summed E-state index contributed by atoms with van der Waals surface area (Å²) in [4.78, 5) is 27.2. The molecule has 1 rings (SSSR count). The molecule has 1 atom stereocenters. The van der Waals surface area contributed by atoms with Gasteiger partial charge in [0.25, 0.3) is 5.56 Å². The third-order valence-corrected chi connectivity index (χ3v) is 2.18. The average molecular weight is 214 g/mol. The Labute approximate surface area is 84.8 Å². The predicted octanol–water partition coefficient (Wildman–Crippen LogP) is 0.929. The number of aromatic nitrogens is 2. The first-order valence-electron chi connectivity index (χ1n) is 3.99. The van der Waals surface area contributed by atoms with E-state index >= 15 is 0 Å². The van der Waals surface area contributed by atoms with Crippen LogP contribution in [0.1, 0.15) is 24.1 Å². The van der Waals surface area contributed by atoms with Crippen molar-refractivity contribution < 1.29 is 9.90 Å². The minimum absolute atomic E-state index is 0.203. The molecule has 1 aromatic heterocycles. The Morgan fingerprint density at radius 1 is 1.50 bits per heavy atom. The van der Waals surface area contributed by atoms with Crippen LogP contribution in [-0.2, 0) is 4.79 Å². The number of aromatic amines is 2. The van der Waals surface area contributed by atoms with Crippen molar-refractivity contribution in [3.8, 4) is 0 Å². The van der Waals surface area contributed by atoms with E-state index in [0.29, 0.717) is 5.69 Å². The zero-order valence-corrected chi connectivity index (χ0v) is 8.57. The van der Waals surface area contributed by atoms with Crippen LogP contribution in [0, 0.1) is 11.7 Å². The van der Waals surface area contributed by atoms with E-state index in [2.05, 4.69) is 9.97 Å². The lowest BCUT2D eigenvalue weighted by molar-refractivity contribution is -0.138. The third kappa shape index (κ3) is 1.90. The number of carbonyl (C=O) groups is 1. The fraction of sp³-hybridized carbons (Fsp3) is 0.375. The minimum Gasteiger partial charge on any atom is -0.481 e. The van der Waals surface area contributed by atoms with Gasteiger partial charge in [0, 0.05) is 5.69 Å². The first kappa shape index (κ1) is 10.6. The molecule has 5 nitrogen and oxygen atoms in total. The van der Waals surface area contributed by atoms with Crippen molar-refractivity contribution in [2.75, 3.05) is 0 Å². The molecular formula is C8H10N2O3S. The van der Waals surface area contributed by atoms with Crippen molar-refractivity contribution in [3.05, 3.63) is 26.4 Å². The van der Waals surface area contributed by atoms with E-state index in [-0.39, 0.29) is 10.3 Å². The molecule has 0 saturated carbocycles. The smallest absolute Gasteiger partial charge is 0.310 e. The highest BCUT2D eigenvalue weighted by atomic mass is 32.1. The summed E-state index contributed by atoms with van der Waals surface area (Å²) in [6.45, 7) is 3.08. The molecule has 3 N–H and O–H groups in total. The molecule has 1 heterocycles. The molecule has 0 amide bonds.